The summed E-state index contributed by atoms with van der Waals surface area (Å²) in [5, 5.41) is 3.00. The molecule has 0 spiro atoms. The lowest BCUT2D eigenvalue weighted by atomic mass is 9.97. The molecular formula is C15H22BrClN2O. The van der Waals surface area contributed by atoms with E-state index < -0.39 is 5.54 Å². The predicted octanol–water partition coefficient (Wildman–Crippen LogP) is 3.05. The Morgan fingerprint density at radius 2 is 2.20 bits per heavy atom. The maximum absolute atomic E-state index is 11.8. The lowest BCUT2D eigenvalue weighted by Gasteiger charge is -2.17. The summed E-state index contributed by atoms with van der Waals surface area (Å²) in [6, 6.07) is 8.33. The lowest BCUT2D eigenvalue weighted by molar-refractivity contribution is -0.123. The van der Waals surface area contributed by atoms with Crippen molar-refractivity contribution in [1.82, 2.24) is 5.32 Å². The van der Waals surface area contributed by atoms with E-state index in [0.29, 0.717) is 12.5 Å². The number of halogens is 2. The van der Waals surface area contributed by atoms with E-state index in [-0.39, 0.29) is 18.3 Å². The average molecular weight is 362 g/mol. The summed E-state index contributed by atoms with van der Waals surface area (Å²) >= 11 is 3.48. The predicted molar refractivity (Wildman–Crippen MR) is 88.0 cm³/mol. The molecule has 20 heavy (non-hydrogen) atoms. The van der Waals surface area contributed by atoms with Crippen LogP contribution in [0.5, 0.6) is 0 Å². The summed E-state index contributed by atoms with van der Waals surface area (Å²) in [5.74, 6) is 0.473. The highest BCUT2D eigenvalue weighted by Crippen LogP contribution is 2.32. The number of hydrogen-bond donors (Lipinski definition) is 2. The molecule has 0 radical (unpaired) electrons. The zero-order chi connectivity index (χ0) is 13.9. The first-order valence-corrected chi connectivity index (χ1v) is 7.64. The second kappa shape index (κ2) is 7.43. The molecule has 2 rings (SSSR count). The molecule has 0 aromatic heterocycles. The van der Waals surface area contributed by atoms with Gasteiger partial charge in [0.25, 0.3) is 0 Å². The van der Waals surface area contributed by atoms with Gasteiger partial charge in [0.2, 0.25) is 5.91 Å². The van der Waals surface area contributed by atoms with Crippen molar-refractivity contribution in [1.29, 1.82) is 0 Å². The fourth-order valence-corrected chi connectivity index (χ4v) is 2.58. The Labute approximate surface area is 135 Å². The smallest absolute Gasteiger partial charge is 0.240 e. The monoisotopic (exact) mass is 360 g/mol. The van der Waals surface area contributed by atoms with Crippen molar-refractivity contribution in [2.75, 3.05) is 6.54 Å². The molecule has 1 fully saturated rings. The molecular weight excluding hydrogens is 340 g/mol. The van der Waals surface area contributed by atoms with Gasteiger partial charge in [-0.15, -0.1) is 12.4 Å². The van der Waals surface area contributed by atoms with E-state index in [1.165, 1.54) is 5.56 Å². The Kier molecular flexibility index (Phi) is 6.49. The number of amides is 1. The minimum atomic E-state index is -0.561. The molecule has 1 saturated carbocycles. The van der Waals surface area contributed by atoms with Crippen molar-refractivity contribution < 1.29 is 4.79 Å². The van der Waals surface area contributed by atoms with E-state index in [4.69, 9.17) is 5.73 Å². The van der Waals surface area contributed by atoms with Crippen molar-refractivity contribution in [3.8, 4) is 0 Å². The molecule has 0 bridgehead atoms. The van der Waals surface area contributed by atoms with E-state index in [1.54, 1.807) is 0 Å². The first kappa shape index (κ1) is 17.5. The lowest BCUT2D eigenvalue weighted by Crippen LogP contribution is -2.44. The zero-order valence-corrected chi connectivity index (χ0v) is 14.1. The number of carbonyl (C=O) groups is 1. The summed E-state index contributed by atoms with van der Waals surface area (Å²) in [6.45, 7) is 2.87. The first-order valence-electron chi connectivity index (χ1n) is 6.85. The summed E-state index contributed by atoms with van der Waals surface area (Å²) in [5.41, 5.74) is 6.61. The van der Waals surface area contributed by atoms with Gasteiger partial charge in [-0.05, 0) is 42.9 Å². The molecule has 0 heterocycles. The van der Waals surface area contributed by atoms with Gasteiger partial charge in [-0.1, -0.05) is 41.4 Å². The van der Waals surface area contributed by atoms with Crippen LogP contribution in [0.2, 0.25) is 0 Å². The Balaban J connectivity index is 0.00000200. The molecule has 1 aromatic rings. The molecule has 1 aromatic carbocycles. The Morgan fingerprint density at radius 1 is 1.50 bits per heavy atom. The number of hydrogen-bond acceptors (Lipinski definition) is 2. The molecule has 1 aliphatic carbocycles. The third-order valence-corrected chi connectivity index (χ3v) is 4.28. The zero-order valence-electron chi connectivity index (χ0n) is 11.7. The van der Waals surface area contributed by atoms with Gasteiger partial charge >= 0.3 is 0 Å². The first-order chi connectivity index (χ1) is 9.03. The van der Waals surface area contributed by atoms with E-state index in [2.05, 4.69) is 40.3 Å². The van der Waals surface area contributed by atoms with Crippen LogP contribution >= 0.6 is 28.3 Å². The molecule has 3 N–H and O–H groups in total. The molecule has 0 saturated heterocycles. The van der Waals surface area contributed by atoms with Crippen LogP contribution in [0.4, 0.5) is 0 Å². The van der Waals surface area contributed by atoms with Gasteiger partial charge in [-0.3, -0.25) is 4.79 Å². The second-order valence-corrected chi connectivity index (χ2v) is 6.39. The number of benzene rings is 1. The van der Waals surface area contributed by atoms with Gasteiger partial charge < -0.3 is 11.1 Å². The highest BCUT2D eigenvalue weighted by molar-refractivity contribution is 9.10. The number of nitrogens with one attached hydrogen (secondary N) is 1. The number of rotatable bonds is 6. The number of carbonyl (C=O) groups excluding carboxylic acids is 1. The molecule has 3 nitrogen and oxygen atoms in total. The van der Waals surface area contributed by atoms with Crippen molar-refractivity contribution >= 4 is 34.2 Å². The summed E-state index contributed by atoms with van der Waals surface area (Å²) < 4.78 is 1.10. The van der Waals surface area contributed by atoms with Crippen LogP contribution in [0.15, 0.2) is 28.7 Å². The van der Waals surface area contributed by atoms with Crippen molar-refractivity contribution in [2.45, 2.75) is 38.1 Å². The topological polar surface area (TPSA) is 55.1 Å². The molecule has 1 amide bonds. The van der Waals surface area contributed by atoms with E-state index in [1.807, 2.05) is 12.1 Å². The fraction of sp³-hybridized carbons (Fsp3) is 0.533. The average Bonchev–Trinajstić information content (AvgIpc) is 3.13. The van der Waals surface area contributed by atoms with E-state index in [0.717, 1.165) is 30.2 Å². The number of nitrogens with two attached hydrogens (primary N) is 1. The van der Waals surface area contributed by atoms with Gasteiger partial charge in [0.1, 0.15) is 0 Å². The summed E-state index contributed by atoms with van der Waals surface area (Å²) in [4.78, 5) is 11.8. The van der Waals surface area contributed by atoms with Crippen LogP contribution in [0.1, 0.15) is 31.7 Å². The Morgan fingerprint density at radius 3 is 2.75 bits per heavy atom. The van der Waals surface area contributed by atoms with Gasteiger partial charge in [0, 0.05) is 11.0 Å². The van der Waals surface area contributed by atoms with E-state index in [9.17, 15) is 4.79 Å². The Bertz CT molecular complexity index is 463. The third-order valence-electron chi connectivity index (χ3n) is 3.78. The normalized spacial score (nSPS) is 16.9. The summed E-state index contributed by atoms with van der Waals surface area (Å²) in [7, 11) is 0. The maximum atomic E-state index is 11.8. The molecule has 112 valence electrons. The van der Waals surface area contributed by atoms with Crippen LogP contribution in [-0.2, 0) is 11.2 Å². The minimum absolute atomic E-state index is 0. The second-order valence-electron chi connectivity index (χ2n) is 5.47. The standard InChI is InChI=1S/C15H21BrN2O.ClH/c1-2-11(8-12-4-3-5-13(16)9-12)10-18-14(19)15(17)6-7-15;/h3-5,9,11H,2,6-8,10,17H2,1H3,(H,18,19);1H. The van der Waals surface area contributed by atoms with Crippen LogP contribution in [0.25, 0.3) is 0 Å². The van der Waals surface area contributed by atoms with Crippen LogP contribution in [-0.4, -0.2) is 18.0 Å². The van der Waals surface area contributed by atoms with Crippen LogP contribution < -0.4 is 11.1 Å². The van der Waals surface area contributed by atoms with Gasteiger partial charge in [0.15, 0.2) is 0 Å². The van der Waals surface area contributed by atoms with Crippen molar-refractivity contribution in [2.24, 2.45) is 11.7 Å². The summed E-state index contributed by atoms with van der Waals surface area (Å²) in [6.07, 6.45) is 3.67. The van der Waals surface area contributed by atoms with Crippen LogP contribution in [0.3, 0.4) is 0 Å². The maximum Gasteiger partial charge on any atom is 0.240 e. The highest BCUT2D eigenvalue weighted by Gasteiger charge is 2.45. The quantitative estimate of drug-likeness (QED) is 0.818. The van der Waals surface area contributed by atoms with Crippen molar-refractivity contribution in [3.05, 3.63) is 34.3 Å². The largest absolute Gasteiger partial charge is 0.354 e. The minimum Gasteiger partial charge on any atom is -0.354 e. The third kappa shape index (κ3) is 4.76. The van der Waals surface area contributed by atoms with Crippen molar-refractivity contribution in [3.63, 3.8) is 0 Å². The molecule has 5 heteroatoms. The Hall–Kier alpha value is -0.580. The molecule has 0 aliphatic heterocycles. The molecule has 1 unspecified atom stereocenters. The van der Waals surface area contributed by atoms with Crippen LogP contribution in [0, 0.1) is 5.92 Å². The van der Waals surface area contributed by atoms with E-state index >= 15 is 0 Å². The SMILES string of the molecule is CCC(CNC(=O)C1(N)CC1)Cc1cccc(Br)c1.Cl. The van der Waals surface area contributed by atoms with Gasteiger partial charge in [-0.25, -0.2) is 0 Å². The van der Waals surface area contributed by atoms with Gasteiger partial charge in [0.05, 0.1) is 5.54 Å². The highest BCUT2D eigenvalue weighted by atomic mass is 79.9. The molecule has 1 aliphatic rings. The molecule has 1 atom stereocenters. The fourth-order valence-electron chi connectivity index (χ4n) is 2.13. The van der Waals surface area contributed by atoms with Gasteiger partial charge in [-0.2, -0.15) is 0 Å².